The molecule has 1 aromatic heterocycles. The van der Waals surface area contributed by atoms with E-state index in [1.54, 1.807) is 32.7 Å². The number of aromatic nitrogens is 2. The molecule has 0 spiro atoms. The van der Waals surface area contributed by atoms with E-state index in [4.69, 9.17) is 4.74 Å². The Hall–Kier alpha value is -2.39. The molecule has 1 aliphatic heterocycles. The van der Waals surface area contributed by atoms with Gasteiger partial charge in [-0.15, -0.1) is 0 Å². The van der Waals surface area contributed by atoms with Crippen molar-refractivity contribution in [1.82, 2.24) is 15.1 Å². The summed E-state index contributed by atoms with van der Waals surface area (Å²) in [5.74, 6) is 0.261. The van der Waals surface area contributed by atoms with E-state index in [0.717, 1.165) is 6.20 Å². The normalized spacial score (nSPS) is 24.1. The Morgan fingerprint density at radius 1 is 1.54 bits per heavy atom. The standard InChI is InChI=1S/C16H26FN5O4/c1-15(2,3)26-14(23)19-11-6-7-21(10-16(4,17)8-11)13-12(22(24)25)9-18-20(13)5/h9,11H,6-8,10H2,1-5H3,(H,19,23)/t11-,16-/m1/s1. The molecule has 1 aromatic rings. The molecule has 2 heterocycles. The van der Waals surface area contributed by atoms with E-state index in [-0.39, 0.29) is 24.5 Å². The molecule has 0 aliphatic carbocycles. The monoisotopic (exact) mass is 371 g/mol. The SMILES string of the molecule is Cn1ncc([N+](=O)[O-])c1N1CC[C@@H](NC(=O)OC(C)(C)C)C[C@@](C)(F)C1. The molecule has 0 radical (unpaired) electrons. The highest BCUT2D eigenvalue weighted by Crippen LogP contribution is 2.33. The molecule has 1 saturated heterocycles. The Labute approximate surface area is 151 Å². The lowest BCUT2D eigenvalue weighted by atomic mass is 9.98. The first kappa shape index (κ1) is 19.9. The largest absolute Gasteiger partial charge is 0.444 e. The highest BCUT2D eigenvalue weighted by Gasteiger charge is 2.38. The Morgan fingerprint density at radius 2 is 2.19 bits per heavy atom. The van der Waals surface area contributed by atoms with E-state index in [1.165, 1.54) is 11.6 Å². The summed E-state index contributed by atoms with van der Waals surface area (Å²) in [6.07, 6.45) is 1.08. The molecule has 26 heavy (non-hydrogen) atoms. The minimum Gasteiger partial charge on any atom is -0.444 e. The van der Waals surface area contributed by atoms with Crippen LogP contribution in [-0.2, 0) is 11.8 Å². The average molecular weight is 371 g/mol. The van der Waals surface area contributed by atoms with E-state index in [9.17, 15) is 14.9 Å². The number of nitro groups is 1. The second-order valence-corrected chi connectivity index (χ2v) is 7.90. The Balaban J connectivity index is 2.16. The highest BCUT2D eigenvalue weighted by molar-refractivity contribution is 5.68. The van der Waals surface area contributed by atoms with Crippen LogP contribution in [0.5, 0.6) is 0 Å². The molecule has 2 atom stereocenters. The van der Waals surface area contributed by atoms with Crippen LogP contribution in [0.1, 0.15) is 40.5 Å². The second kappa shape index (κ2) is 7.08. The molecule has 1 aliphatic rings. The van der Waals surface area contributed by atoms with Gasteiger partial charge in [0, 0.05) is 26.1 Å². The van der Waals surface area contributed by atoms with Gasteiger partial charge in [-0.1, -0.05) is 0 Å². The Kier molecular flexibility index (Phi) is 5.43. The molecule has 9 nitrogen and oxygen atoms in total. The number of carbonyl (C=O) groups excluding carboxylic acids is 1. The second-order valence-electron chi connectivity index (χ2n) is 7.90. The predicted molar refractivity (Wildman–Crippen MR) is 94.0 cm³/mol. The molecule has 2 rings (SSSR count). The summed E-state index contributed by atoms with van der Waals surface area (Å²) in [5, 5.41) is 17.9. The molecule has 0 bridgehead atoms. The predicted octanol–water partition coefficient (Wildman–Crippen LogP) is 2.55. The first-order valence-corrected chi connectivity index (χ1v) is 8.48. The Morgan fingerprint density at radius 3 is 2.77 bits per heavy atom. The van der Waals surface area contributed by atoms with Gasteiger partial charge in [0.05, 0.1) is 11.5 Å². The maximum absolute atomic E-state index is 15.0. The van der Waals surface area contributed by atoms with E-state index >= 15 is 4.39 Å². The van der Waals surface area contributed by atoms with Crippen LogP contribution < -0.4 is 10.2 Å². The van der Waals surface area contributed by atoms with Crippen LogP contribution in [0.3, 0.4) is 0 Å². The molecule has 0 saturated carbocycles. The van der Waals surface area contributed by atoms with Crippen LogP contribution in [0, 0.1) is 10.1 Å². The van der Waals surface area contributed by atoms with Crippen LogP contribution in [0.25, 0.3) is 0 Å². The van der Waals surface area contributed by atoms with E-state index < -0.39 is 28.3 Å². The number of carbonyl (C=O) groups is 1. The minimum absolute atomic E-state index is 0.0279. The van der Waals surface area contributed by atoms with Crippen LogP contribution in [-0.4, -0.2) is 51.2 Å². The summed E-state index contributed by atoms with van der Waals surface area (Å²) >= 11 is 0. The quantitative estimate of drug-likeness (QED) is 0.647. The molecule has 1 N–H and O–H groups in total. The average Bonchev–Trinajstić information content (AvgIpc) is 2.75. The van der Waals surface area contributed by atoms with Crippen molar-refractivity contribution in [1.29, 1.82) is 0 Å². The molecule has 1 amide bonds. The fourth-order valence-corrected chi connectivity index (χ4v) is 3.16. The fraction of sp³-hybridized carbons (Fsp3) is 0.750. The van der Waals surface area contributed by atoms with Gasteiger partial charge in [-0.25, -0.2) is 13.9 Å². The van der Waals surface area contributed by atoms with Gasteiger partial charge in [0.25, 0.3) is 0 Å². The van der Waals surface area contributed by atoms with E-state index in [2.05, 4.69) is 10.4 Å². The number of alkyl carbamates (subject to hydrolysis) is 1. The minimum atomic E-state index is -1.64. The molecule has 0 aromatic carbocycles. The zero-order chi connectivity index (χ0) is 19.7. The van der Waals surface area contributed by atoms with Gasteiger partial charge < -0.3 is 15.0 Å². The Bertz CT molecular complexity index is 683. The number of aryl methyl sites for hydroxylation is 1. The zero-order valence-electron chi connectivity index (χ0n) is 15.8. The zero-order valence-corrected chi connectivity index (χ0v) is 15.8. The summed E-state index contributed by atoms with van der Waals surface area (Å²) in [6.45, 7) is 7.00. The van der Waals surface area contributed by atoms with Crippen molar-refractivity contribution in [3.05, 3.63) is 16.3 Å². The van der Waals surface area contributed by atoms with Gasteiger partial charge in [0.2, 0.25) is 5.82 Å². The molecule has 0 unspecified atom stereocenters. The molecular formula is C16H26FN5O4. The summed E-state index contributed by atoms with van der Waals surface area (Å²) in [7, 11) is 1.58. The van der Waals surface area contributed by atoms with E-state index in [0.29, 0.717) is 13.0 Å². The van der Waals surface area contributed by atoms with Crippen molar-refractivity contribution in [3.8, 4) is 0 Å². The first-order valence-electron chi connectivity index (χ1n) is 8.48. The van der Waals surface area contributed by atoms with Gasteiger partial charge in [-0.3, -0.25) is 10.1 Å². The summed E-state index contributed by atoms with van der Waals surface area (Å²) in [6, 6.07) is -0.433. The van der Waals surface area contributed by atoms with E-state index in [1.807, 2.05) is 0 Å². The fourth-order valence-electron chi connectivity index (χ4n) is 3.16. The van der Waals surface area contributed by atoms with Gasteiger partial charge >= 0.3 is 11.8 Å². The number of rotatable bonds is 3. The lowest BCUT2D eigenvalue weighted by molar-refractivity contribution is -0.384. The first-order chi connectivity index (χ1) is 11.9. The third kappa shape index (κ3) is 5.06. The lowest BCUT2D eigenvalue weighted by Gasteiger charge is -2.27. The number of hydrogen-bond donors (Lipinski definition) is 1. The number of alkyl halides is 1. The number of ether oxygens (including phenoxy) is 1. The van der Waals surface area contributed by atoms with Crippen LogP contribution in [0.2, 0.25) is 0 Å². The van der Waals surface area contributed by atoms with Gasteiger partial charge in [0.1, 0.15) is 17.5 Å². The van der Waals surface area contributed by atoms with Crippen molar-refractivity contribution >= 4 is 17.6 Å². The maximum Gasteiger partial charge on any atom is 0.407 e. The summed E-state index contributed by atoms with van der Waals surface area (Å²) in [4.78, 5) is 24.3. The van der Waals surface area contributed by atoms with Gasteiger partial charge in [-0.2, -0.15) is 5.10 Å². The smallest absolute Gasteiger partial charge is 0.407 e. The number of hydrogen-bond acceptors (Lipinski definition) is 6. The van der Waals surface area contributed by atoms with Crippen molar-refractivity contribution in [2.45, 2.75) is 57.8 Å². The van der Waals surface area contributed by atoms with Crippen molar-refractivity contribution in [2.24, 2.45) is 7.05 Å². The number of nitrogens with one attached hydrogen (secondary N) is 1. The van der Waals surface area contributed by atoms with Crippen molar-refractivity contribution in [3.63, 3.8) is 0 Å². The number of nitrogens with zero attached hydrogens (tertiary/aromatic N) is 4. The third-order valence-electron chi connectivity index (χ3n) is 4.05. The molecule has 146 valence electrons. The topological polar surface area (TPSA) is 103 Å². The lowest BCUT2D eigenvalue weighted by Crippen LogP contribution is -2.42. The van der Waals surface area contributed by atoms with Gasteiger partial charge in [0.15, 0.2) is 0 Å². The van der Waals surface area contributed by atoms with Crippen LogP contribution in [0.4, 0.5) is 20.7 Å². The molecule has 10 heteroatoms. The maximum atomic E-state index is 15.0. The highest BCUT2D eigenvalue weighted by atomic mass is 19.1. The number of halogens is 1. The summed E-state index contributed by atoms with van der Waals surface area (Å²) in [5.41, 5.74) is -2.45. The number of amides is 1. The molecular weight excluding hydrogens is 345 g/mol. The van der Waals surface area contributed by atoms with Crippen molar-refractivity contribution in [2.75, 3.05) is 18.0 Å². The van der Waals surface area contributed by atoms with Gasteiger partial charge in [-0.05, 0) is 34.1 Å². The van der Waals surface area contributed by atoms with Crippen molar-refractivity contribution < 1.29 is 18.8 Å². The summed E-state index contributed by atoms with van der Waals surface area (Å²) < 4.78 is 21.6. The third-order valence-corrected chi connectivity index (χ3v) is 4.05. The van der Waals surface area contributed by atoms with Crippen LogP contribution in [0.15, 0.2) is 6.20 Å². The number of anilines is 1. The molecule has 1 fully saturated rings. The van der Waals surface area contributed by atoms with Crippen LogP contribution >= 0.6 is 0 Å².